The number of likely N-dealkylation sites (tertiary alicyclic amines) is 1. The minimum atomic E-state index is -0.732. The lowest BCUT2D eigenvalue weighted by atomic mass is 9.85. The summed E-state index contributed by atoms with van der Waals surface area (Å²) in [5, 5.41) is 0. The Morgan fingerprint density at radius 3 is 2.44 bits per heavy atom. The first kappa shape index (κ1) is 22.8. The van der Waals surface area contributed by atoms with Crippen molar-refractivity contribution in [2.24, 2.45) is 0 Å². The van der Waals surface area contributed by atoms with Gasteiger partial charge in [0.05, 0.1) is 6.54 Å². The van der Waals surface area contributed by atoms with E-state index in [9.17, 15) is 9.59 Å². The first-order chi connectivity index (χ1) is 15.5. The van der Waals surface area contributed by atoms with E-state index in [1.165, 1.54) is 10.5 Å². The topological polar surface area (TPSA) is 56.8 Å². The van der Waals surface area contributed by atoms with Crippen molar-refractivity contribution in [1.82, 2.24) is 19.7 Å². The van der Waals surface area contributed by atoms with Crippen LogP contribution in [0, 0.1) is 0 Å². The van der Waals surface area contributed by atoms with Gasteiger partial charge < -0.3 is 4.90 Å². The van der Waals surface area contributed by atoms with Crippen LogP contribution in [0.15, 0.2) is 54.9 Å². The highest BCUT2D eigenvalue weighted by molar-refractivity contribution is 7.98. The molecule has 6 nitrogen and oxygen atoms in total. The van der Waals surface area contributed by atoms with Crippen LogP contribution in [0.3, 0.4) is 0 Å². The number of pyridine rings is 1. The number of rotatable bonds is 8. The molecule has 0 N–H and O–H groups in total. The maximum atomic E-state index is 13.7. The van der Waals surface area contributed by atoms with Crippen LogP contribution in [0.1, 0.15) is 30.9 Å². The average molecular weight is 453 g/mol. The van der Waals surface area contributed by atoms with Crippen molar-refractivity contribution in [3.05, 3.63) is 66.0 Å². The molecule has 0 saturated carbocycles. The van der Waals surface area contributed by atoms with Crippen molar-refractivity contribution < 1.29 is 9.59 Å². The van der Waals surface area contributed by atoms with Crippen molar-refractivity contribution in [2.45, 2.75) is 44.3 Å². The molecule has 3 amide bonds. The van der Waals surface area contributed by atoms with E-state index >= 15 is 0 Å². The van der Waals surface area contributed by atoms with Gasteiger partial charge in [-0.15, -0.1) is 0 Å². The lowest BCUT2D eigenvalue weighted by molar-refractivity contribution is -0.136. The lowest BCUT2D eigenvalue weighted by Gasteiger charge is -2.44. The molecule has 3 heterocycles. The highest BCUT2D eigenvalue weighted by Gasteiger charge is 2.57. The summed E-state index contributed by atoms with van der Waals surface area (Å²) >= 11 is 1.85. The fourth-order valence-corrected chi connectivity index (χ4v) is 5.65. The Hall–Kier alpha value is -2.38. The zero-order chi connectivity index (χ0) is 22.6. The molecule has 2 fully saturated rings. The number of hydrogen-bond donors (Lipinski definition) is 0. The molecule has 0 bridgehead atoms. The molecule has 1 spiro atoms. The molecular formula is C25H32N4O2S. The van der Waals surface area contributed by atoms with Gasteiger partial charge in [0.15, 0.2) is 0 Å². The zero-order valence-corrected chi connectivity index (χ0v) is 19.8. The van der Waals surface area contributed by atoms with Gasteiger partial charge in [0.1, 0.15) is 5.54 Å². The lowest BCUT2D eigenvalue weighted by Crippen LogP contribution is -2.58. The molecule has 1 atom stereocenters. The van der Waals surface area contributed by atoms with Gasteiger partial charge in [0.25, 0.3) is 5.91 Å². The number of imide groups is 1. The highest BCUT2D eigenvalue weighted by Crippen LogP contribution is 2.38. The maximum Gasteiger partial charge on any atom is 0.328 e. The first-order valence-corrected chi connectivity index (χ1v) is 12.7. The number of carbonyl (C=O) groups is 2. The van der Waals surface area contributed by atoms with Gasteiger partial charge in [-0.3, -0.25) is 19.6 Å². The van der Waals surface area contributed by atoms with Crippen LogP contribution in [0.25, 0.3) is 0 Å². The first-order valence-electron chi connectivity index (χ1n) is 11.3. The molecular weight excluding hydrogens is 420 g/mol. The number of piperidine rings is 1. The standard InChI is InChI=1S/C25H32N4O2S/c1-20(19-32-2)27-15-11-25(12-16-27)23(30)28(18-22-9-6-13-26-17-22)24(31)29(25)14-10-21-7-4-3-5-8-21/h3-9,13,17,20H,10-12,14-16,18-19H2,1-2H3/t20-/m1/s1. The Kier molecular flexibility index (Phi) is 7.16. The van der Waals surface area contributed by atoms with Crippen LogP contribution in [-0.4, -0.2) is 74.8 Å². The summed E-state index contributed by atoms with van der Waals surface area (Å²) in [7, 11) is 0. The number of hydrogen-bond acceptors (Lipinski definition) is 5. The Labute approximate surface area is 195 Å². The van der Waals surface area contributed by atoms with Crippen LogP contribution < -0.4 is 0 Å². The molecule has 2 aromatic rings. The zero-order valence-electron chi connectivity index (χ0n) is 18.9. The second kappa shape index (κ2) is 10.0. The van der Waals surface area contributed by atoms with Crippen LogP contribution in [0.5, 0.6) is 0 Å². The van der Waals surface area contributed by atoms with E-state index in [2.05, 4.69) is 35.2 Å². The van der Waals surface area contributed by atoms with Crippen molar-refractivity contribution in [1.29, 1.82) is 0 Å². The molecule has 2 aliphatic rings. The Morgan fingerprint density at radius 1 is 1.06 bits per heavy atom. The molecule has 1 aromatic heterocycles. The molecule has 0 radical (unpaired) electrons. The van der Waals surface area contributed by atoms with Crippen molar-refractivity contribution in [3.8, 4) is 0 Å². The molecule has 170 valence electrons. The van der Waals surface area contributed by atoms with Gasteiger partial charge in [-0.2, -0.15) is 11.8 Å². The summed E-state index contributed by atoms with van der Waals surface area (Å²) in [6.45, 7) is 4.75. The number of urea groups is 1. The number of thioether (sulfide) groups is 1. The fraction of sp³-hybridized carbons (Fsp3) is 0.480. The van der Waals surface area contributed by atoms with Crippen molar-refractivity contribution in [3.63, 3.8) is 0 Å². The largest absolute Gasteiger partial charge is 0.328 e. The number of carbonyl (C=O) groups excluding carboxylic acids is 2. The summed E-state index contributed by atoms with van der Waals surface area (Å²) in [6.07, 6.45) is 7.68. The summed E-state index contributed by atoms with van der Waals surface area (Å²) in [6, 6.07) is 14.2. The van der Waals surface area contributed by atoms with E-state index in [1.54, 1.807) is 12.4 Å². The number of aromatic nitrogens is 1. The van der Waals surface area contributed by atoms with Gasteiger partial charge >= 0.3 is 6.03 Å². The van der Waals surface area contributed by atoms with Crippen LogP contribution >= 0.6 is 11.8 Å². The third-order valence-electron chi connectivity index (χ3n) is 6.81. The SMILES string of the molecule is CSC[C@@H](C)N1CCC2(CC1)C(=O)N(Cc1cccnc1)C(=O)N2CCc1ccccc1. The predicted molar refractivity (Wildman–Crippen MR) is 128 cm³/mol. The normalized spacial score (nSPS) is 19.7. The molecule has 2 saturated heterocycles. The Balaban J connectivity index is 1.56. The molecule has 4 rings (SSSR count). The Bertz CT molecular complexity index is 916. The smallest absolute Gasteiger partial charge is 0.309 e. The van der Waals surface area contributed by atoms with E-state index < -0.39 is 5.54 Å². The second-order valence-electron chi connectivity index (χ2n) is 8.79. The molecule has 32 heavy (non-hydrogen) atoms. The molecule has 7 heteroatoms. The molecule has 2 aliphatic heterocycles. The van der Waals surface area contributed by atoms with Gasteiger partial charge in [-0.1, -0.05) is 36.4 Å². The Morgan fingerprint density at radius 2 is 1.78 bits per heavy atom. The van der Waals surface area contributed by atoms with Crippen LogP contribution in [-0.2, 0) is 17.8 Å². The van der Waals surface area contributed by atoms with Crippen LogP contribution in [0.2, 0.25) is 0 Å². The average Bonchev–Trinajstić information content (AvgIpc) is 3.01. The minimum absolute atomic E-state index is 0.0448. The predicted octanol–water partition coefficient (Wildman–Crippen LogP) is 3.67. The van der Waals surface area contributed by atoms with Gasteiger partial charge in [-0.05, 0) is 49.6 Å². The highest BCUT2D eigenvalue weighted by atomic mass is 32.2. The number of nitrogens with zero attached hydrogens (tertiary/aromatic N) is 4. The van der Waals surface area contributed by atoms with Gasteiger partial charge in [-0.25, -0.2) is 4.79 Å². The minimum Gasteiger partial charge on any atom is -0.309 e. The monoisotopic (exact) mass is 452 g/mol. The summed E-state index contributed by atoms with van der Waals surface area (Å²) in [5.74, 6) is 1.03. The molecule has 0 unspecified atom stereocenters. The fourth-order valence-electron chi connectivity index (χ4n) is 4.96. The molecule has 1 aromatic carbocycles. The maximum absolute atomic E-state index is 13.7. The van der Waals surface area contributed by atoms with Gasteiger partial charge in [0.2, 0.25) is 0 Å². The summed E-state index contributed by atoms with van der Waals surface area (Å²) < 4.78 is 0. The molecule has 0 aliphatic carbocycles. The van der Waals surface area contributed by atoms with Crippen molar-refractivity contribution >= 4 is 23.7 Å². The van der Waals surface area contributed by atoms with Crippen LogP contribution in [0.4, 0.5) is 4.79 Å². The second-order valence-corrected chi connectivity index (χ2v) is 9.70. The van der Waals surface area contributed by atoms with E-state index in [4.69, 9.17) is 0 Å². The number of benzene rings is 1. The number of amides is 3. The van der Waals surface area contributed by atoms with Gasteiger partial charge in [0, 0.05) is 43.8 Å². The van der Waals surface area contributed by atoms with E-state index in [0.29, 0.717) is 25.4 Å². The third-order valence-corrected chi connectivity index (χ3v) is 7.62. The van der Waals surface area contributed by atoms with E-state index in [0.717, 1.165) is 30.8 Å². The van der Waals surface area contributed by atoms with E-state index in [1.807, 2.05) is 47.0 Å². The summed E-state index contributed by atoms with van der Waals surface area (Å²) in [4.78, 5) is 37.2. The summed E-state index contributed by atoms with van der Waals surface area (Å²) in [5.41, 5.74) is 1.32. The van der Waals surface area contributed by atoms with E-state index in [-0.39, 0.29) is 18.5 Å². The van der Waals surface area contributed by atoms with Crippen molar-refractivity contribution in [2.75, 3.05) is 31.6 Å². The quantitative estimate of drug-likeness (QED) is 0.572. The third kappa shape index (κ3) is 4.55.